The van der Waals surface area contributed by atoms with E-state index < -0.39 is 24.9 Å². The van der Waals surface area contributed by atoms with Crippen LogP contribution in [0.1, 0.15) is 66.5 Å². The van der Waals surface area contributed by atoms with Crippen LogP contribution in [0.3, 0.4) is 0 Å². The summed E-state index contributed by atoms with van der Waals surface area (Å²) in [5.41, 5.74) is 2.30. The number of dihydropyridines is 1. The molecule has 0 radical (unpaired) electrons. The third kappa shape index (κ3) is 3.41. The van der Waals surface area contributed by atoms with Crippen LogP contribution in [-0.4, -0.2) is 30.3 Å². The van der Waals surface area contributed by atoms with Crippen molar-refractivity contribution in [3.63, 3.8) is 0 Å². The van der Waals surface area contributed by atoms with Crippen LogP contribution < -0.4 is 5.32 Å². The van der Waals surface area contributed by atoms with Gasteiger partial charge in [-0.05, 0) is 72.4 Å². The average Bonchev–Trinajstić information content (AvgIpc) is 3.32. The van der Waals surface area contributed by atoms with Crippen LogP contribution in [0.4, 0.5) is 0 Å². The fourth-order valence-corrected chi connectivity index (χ4v) is 6.72. The zero-order valence-electron chi connectivity index (χ0n) is 22.0. The van der Waals surface area contributed by atoms with Crippen molar-refractivity contribution in [2.45, 2.75) is 71.9 Å². The first-order valence-electron chi connectivity index (χ1n) is 13.1. The molecule has 28 heavy (non-hydrogen) atoms. The quantitative estimate of drug-likeness (QED) is 0.665. The van der Waals surface area contributed by atoms with Gasteiger partial charge < -0.3 is 10.1 Å². The van der Waals surface area contributed by atoms with Gasteiger partial charge in [-0.2, -0.15) is 0 Å². The Hall–Kier alpha value is -1.00. The molecule has 4 heterocycles. The van der Waals surface area contributed by atoms with Crippen molar-refractivity contribution < 1.29 is 11.6 Å². The second-order valence-electron chi connectivity index (χ2n) is 9.69. The fraction of sp³-hybridized carbons (Fsp3) is 0.708. The van der Waals surface area contributed by atoms with E-state index in [1.54, 1.807) is 6.08 Å². The molecule has 0 aromatic heterocycles. The molecule has 0 spiro atoms. The molecule has 0 aromatic rings. The van der Waals surface area contributed by atoms with Gasteiger partial charge in [-0.3, -0.25) is 0 Å². The molecule has 0 aromatic carbocycles. The number of hydrogen-bond donors (Lipinski definition) is 1. The van der Waals surface area contributed by atoms with Crippen molar-refractivity contribution in [2.75, 3.05) is 12.3 Å². The van der Waals surface area contributed by atoms with E-state index in [1.165, 1.54) is 16.1 Å². The highest BCUT2D eigenvalue weighted by atomic mass is 32.2. The van der Waals surface area contributed by atoms with E-state index in [-0.39, 0.29) is 29.5 Å². The van der Waals surface area contributed by atoms with Gasteiger partial charge in [-0.1, -0.05) is 26.8 Å². The van der Waals surface area contributed by atoms with Crippen LogP contribution in [0.15, 0.2) is 39.0 Å². The maximum absolute atomic E-state index is 8.80. The molecule has 1 fully saturated rings. The minimum atomic E-state index is -2.21. The lowest BCUT2D eigenvalue weighted by Crippen LogP contribution is -2.39. The molecule has 0 amide bonds. The first kappa shape index (κ1) is 14.1. The van der Waals surface area contributed by atoms with Crippen molar-refractivity contribution in [3.05, 3.63) is 34.0 Å². The van der Waals surface area contributed by atoms with Crippen LogP contribution in [0.5, 0.6) is 0 Å². The Morgan fingerprint density at radius 3 is 3.11 bits per heavy atom. The standard InChI is InChI=1S/C24H34N2OS/c1-14-8-9-17-16-6-5-7-18(22(16)27-23(17)26-14)20-10-21-19(12-25-20)15(13-28-21)11-24(2,3)4/h8-9,15-17,20,23,25H,5-7,10-13H2,1-4H3/t15-,16?,17?,20-,23?/m1/s1/i1D3,11D2. The van der Waals surface area contributed by atoms with Crippen molar-refractivity contribution in [3.8, 4) is 0 Å². The SMILES string of the molecule is [2H]C([2H])([2H])C1=NC2OC3=C([C@H]4CC5=C(CN4)[C@H](C([2H])([2H])C(C)(C)C)CS5)CCCC3C2C=C1. The van der Waals surface area contributed by atoms with Crippen LogP contribution >= 0.6 is 11.8 Å². The predicted molar refractivity (Wildman–Crippen MR) is 118 cm³/mol. The topological polar surface area (TPSA) is 33.6 Å². The van der Waals surface area contributed by atoms with Gasteiger partial charge in [0.1, 0.15) is 5.76 Å². The molecule has 5 atom stereocenters. The van der Waals surface area contributed by atoms with Crippen LogP contribution in [0.25, 0.3) is 0 Å². The van der Waals surface area contributed by atoms with Gasteiger partial charge in [-0.15, -0.1) is 11.8 Å². The molecule has 5 aliphatic rings. The molecule has 1 aliphatic carbocycles. The summed E-state index contributed by atoms with van der Waals surface area (Å²) in [6.07, 6.45) is 6.02. The van der Waals surface area contributed by atoms with Gasteiger partial charge in [0.15, 0.2) is 6.23 Å². The van der Waals surface area contributed by atoms with Gasteiger partial charge in [0.2, 0.25) is 0 Å². The number of aliphatic imine (C=N–C) groups is 1. The first-order chi connectivity index (χ1) is 15.4. The maximum atomic E-state index is 8.80. The molecule has 0 bridgehead atoms. The molecule has 4 heteroatoms. The third-order valence-electron chi connectivity index (χ3n) is 6.56. The Morgan fingerprint density at radius 1 is 1.39 bits per heavy atom. The summed E-state index contributed by atoms with van der Waals surface area (Å²) in [6.45, 7) is 4.50. The van der Waals surface area contributed by atoms with E-state index in [1.807, 2.05) is 38.6 Å². The number of fused-ring (bicyclic) bond motifs is 3. The molecule has 3 nitrogen and oxygen atoms in total. The predicted octanol–water partition coefficient (Wildman–Crippen LogP) is 5.46. The molecule has 5 rings (SSSR count). The Kier molecular flexibility index (Phi) is 3.55. The normalized spacial score (nSPS) is 41.0. The fourth-order valence-electron chi connectivity index (χ4n) is 5.38. The Bertz CT molecular complexity index is 959. The van der Waals surface area contributed by atoms with Crippen molar-refractivity contribution in [2.24, 2.45) is 28.2 Å². The highest BCUT2D eigenvalue weighted by Crippen LogP contribution is 2.50. The van der Waals surface area contributed by atoms with Gasteiger partial charge in [0.05, 0.1) is 0 Å². The number of nitrogens with one attached hydrogen (secondary N) is 1. The van der Waals surface area contributed by atoms with Crippen LogP contribution in [0.2, 0.25) is 0 Å². The van der Waals surface area contributed by atoms with Gasteiger partial charge in [0, 0.05) is 42.7 Å². The monoisotopic (exact) mass is 403 g/mol. The van der Waals surface area contributed by atoms with Gasteiger partial charge in [0.25, 0.3) is 0 Å². The zero-order chi connectivity index (χ0) is 23.8. The van der Waals surface area contributed by atoms with Crippen LogP contribution in [0, 0.1) is 23.2 Å². The second kappa shape index (κ2) is 7.05. The summed E-state index contributed by atoms with van der Waals surface area (Å²) in [6, 6.07) is 0.198. The number of nitrogens with zero attached hydrogens (tertiary/aromatic N) is 1. The second-order valence-corrected chi connectivity index (χ2v) is 10.8. The lowest BCUT2D eigenvalue weighted by atomic mass is 9.77. The minimum Gasteiger partial charge on any atom is -0.472 e. The molecular weight excluding hydrogens is 364 g/mol. The summed E-state index contributed by atoms with van der Waals surface area (Å²) in [7, 11) is 0. The Labute approximate surface area is 181 Å². The van der Waals surface area contributed by atoms with Gasteiger partial charge in [-0.25, -0.2) is 4.99 Å². The third-order valence-corrected chi connectivity index (χ3v) is 7.84. The van der Waals surface area contributed by atoms with E-state index in [9.17, 15) is 0 Å². The van der Waals surface area contributed by atoms with E-state index in [0.29, 0.717) is 0 Å². The molecule has 4 aliphatic heterocycles. The summed E-state index contributed by atoms with van der Waals surface area (Å²) in [5, 5.41) is 3.72. The summed E-state index contributed by atoms with van der Waals surface area (Å²) in [5.74, 6) is 2.18. The lowest BCUT2D eigenvalue weighted by molar-refractivity contribution is 0.146. The molecule has 1 saturated heterocycles. The van der Waals surface area contributed by atoms with Crippen molar-refractivity contribution in [1.82, 2.24) is 5.32 Å². The Morgan fingerprint density at radius 2 is 2.29 bits per heavy atom. The smallest absolute Gasteiger partial charge is 0.196 e. The van der Waals surface area contributed by atoms with Crippen molar-refractivity contribution >= 4 is 17.5 Å². The largest absolute Gasteiger partial charge is 0.472 e. The zero-order valence-corrected chi connectivity index (χ0v) is 17.9. The molecule has 3 unspecified atom stereocenters. The van der Waals surface area contributed by atoms with E-state index in [4.69, 9.17) is 11.6 Å². The molecule has 0 saturated carbocycles. The van der Waals surface area contributed by atoms with Crippen LogP contribution in [-0.2, 0) is 4.74 Å². The van der Waals surface area contributed by atoms with Crippen molar-refractivity contribution in [1.29, 1.82) is 0 Å². The summed E-state index contributed by atoms with van der Waals surface area (Å²) >= 11 is 1.83. The van der Waals surface area contributed by atoms with Gasteiger partial charge >= 0.3 is 0 Å². The minimum absolute atomic E-state index is 0.0499. The summed E-state index contributed by atoms with van der Waals surface area (Å²) < 4.78 is 47.0. The number of hydrogen-bond acceptors (Lipinski definition) is 4. The number of allylic oxidation sites excluding steroid dienone is 2. The van der Waals surface area contributed by atoms with E-state index in [2.05, 4.69) is 10.3 Å². The average molecular weight is 404 g/mol. The number of rotatable bonds is 2. The lowest BCUT2D eigenvalue weighted by Gasteiger charge is -2.33. The van der Waals surface area contributed by atoms with E-state index in [0.717, 1.165) is 43.7 Å². The van der Waals surface area contributed by atoms with E-state index >= 15 is 0 Å². The highest BCUT2D eigenvalue weighted by molar-refractivity contribution is 8.03. The first-order valence-corrected chi connectivity index (χ1v) is 11.6. The molecular formula is C24H34N2OS. The molecule has 152 valence electrons. The summed E-state index contributed by atoms with van der Waals surface area (Å²) in [4.78, 5) is 5.82. The number of ether oxygens (including phenoxy) is 1. The Balaban J connectivity index is 1.39. The maximum Gasteiger partial charge on any atom is 0.196 e. The highest BCUT2D eigenvalue weighted by Gasteiger charge is 2.45. The number of thioether (sulfide) groups is 1. The molecule has 1 N–H and O–H groups in total.